The zero-order valence-electron chi connectivity index (χ0n) is 15.6. The van der Waals surface area contributed by atoms with Gasteiger partial charge in [0.1, 0.15) is 13.2 Å². The zero-order chi connectivity index (χ0) is 18.9. The second-order valence-electron chi connectivity index (χ2n) is 7.22. The number of carbonyl (C=O) groups excluding carboxylic acids is 1. The Balaban J connectivity index is 1.28. The number of amides is 1. The van der Waals surface area contributed by atoms with Gasteiger partial charge in [0.15, 0.2) is 11.5 Å². The summed E-state index contributed by atoms with van der Waals surface area (Å²) in [6.45, 7) is 1.98. The summed E-state index contributed by atoms with van der Waals surface area (Å²) in [6.07, 6.45) is 3.22. The maximum Gasteiger partial charge on any atom is 0.223 e. The highest BCUT2D eigenvalue weighted by Gasteiger charge is 2.30. The first-order valence-corrected chi connectivity index (χ1v) is 10.6. The van der Waals surface area contributed by atoms with Crippen LogP contribution in [0.2, 0.25) is 0 Å². The van der Waals surface area contributed by atoms with Crippen LogP contribution in [0.25, 0.3) is 10.2 Å². The van der Waals surface area contributed by atoms with Crippen LogP contribution in [-0.4, -0.2) is 35.5 Å². The fourth-order valence-corrected chi connectivity index (χ4v) is 5.03. The Bertz CT molecular complexity index is 983. The highest BCUT2D eigenvalue weighted by molar-refractivity contribution is 7.18. The number of thiazole rings is 1. The summed E-state index contributed by atoms with van der Waals surface area (Å²) in [5, 5.41) is 1.03. The predicted octanol–water partition coefficient (Wildman–Crippen LogP) is 4.36. The van der Waals surface area contributed by atoms with Crippen LogP contribution in [0.5, 0.6) is 11.5 Å². The Hall–Kier alpha value is -2.60. The smallest absolute Gasteiger partial charge is 0.223 e. The molecule has 0 spiro atoms. The van der Waals surface area contributed by atoms with Crippen molar-refractivity contribution in [2.24, 2.45) is 0 Å². The molecule has 0 N–H and O–H groups in total. The molecule has 5 nitrogen and oxygen atoms in total. The van der Waals surface area contributed by atoms with Gasteiger partial charge in [-0.15, -0.1) is 11.3 Å². The van der Waals surface area contributed by atoms with Crippen LogP contribution in [0.4, 0.5) is 0 Å². The Morgan fingerprint density at radius 2 is 2.00 bits per heavy atom. The van der Waals surface area contributed by atoms with Crippen molar-refractivity contribution in [2.45, 2.75) is 31.7 Å². The molecule has 1 amide bonds. The Labute approximate surface area is 167 Å². The standard InChI is InChI=1S/C22H22N2O3S/c25-22(10-9-21-23-16-4-1-2-6-20(16)28-21)24-11-3-5-17(24)15-7-8-18-19(14-15)27-13-12-26-18/h1-2,4,6-8,14,17H,3,5,9-13H2/t17-/m0/s1. The summed E-state index contributed by atoms with van der Waals surface area (Å²) >= 11 is 1.68. The van der Waals surface area contributed by atoms with Crippen LogP contribution < -0.4 is 9.47 Å². The van der Waals surface area contributed by atoms with E-state index in [1.807, 2.05) is 35.2 Å². The van der Waals surface area contributed by atoms with E-state index in [0.29, 0.717) is 26.1 Å². The summed E-state index contributed by atoms with van der Waals surface area (Å²) in [4.78, 5) is 19.6. The molecule has 1 saturated heterocycles. The van der Waals surface area contributed by atoms with E-state index in [9.17, 15) is 4.79 Å². The molecule has 0 aliphatic carbocycles. The number of hydrogen-bond donors (Lipinski definition) is 0. The lowest BCUT2D eigenvalue weighted by Gasteiger charge is -2.26. The molecular weight excluding hydrogens is 372 g/mol. The van der Waals surface area contributed by atoms with Crippen LogP contribution in [0, 0.1) is 0 Å². The van der Waals surface area contributed by atoms with Crippen LogP contribution in [0.1, 0.15) is 35.9 Å². The highest BCUT2D eigenvalue weighted by Crippen LogP contribution is 2.38. The summed E-state index contributed by atoms with van der Waals surface area (Å²) in [5.74, 6) is 1.79. The fourth-order valence-electron chi connectivity index (χ4n) is 4.06. The minimum Gasteiger partial charge on any atom is -0.486 e. The van der Waals surface area contributed by atoms with Gasteiger partial charge in [-0.3, -0.25) is 4.79 Å². The lowest BCUT2D eigenvalue weighted by Crippen LogP contribution is -2.30. The lowest BCUT2D eigenvalue weighted by molar-refractivity contribution is -0.132. The Morgan fingerprint density at radius 1 is 1.14 bits per heavy atom. The fraction of sp³-hybridized carbons (Fsp3) is 0.364. The van der Waals surface area contributed by atoms with Gasteiger partial charge in [0.25, 0.3) is 0 Å². The van der Waals surface area contributed by atoms with Crippen LogP contribution in [-0.2, 0) is 11.2 Å². The van der Waals surface area contributed by atoms with Gasteiger partial charge in [0.2, 0.25) is 5.91 Å². The SMILES string of the molecule is O=C(CCc1nc2ccccc2s1)N1CCC[C@H]1c1ccc2c(c1)OCCO2. The van der Waals surface area contributed by atoms with Crippen molar-refractivity contribution in [1.29, 1.82) is 0 Å². The Kier molecular flexibility index (Phi) is 4.64. The molecule has 2 aliphatic rings. The molecule has 0 saturated carbocycles. The molecule has 1 aromatic heterocycles. The van der Waals surface area contributed by atoms with Crippen molar-refractivity contribution in [3.8, 4) is 11.5 Å². The van der Waals surface area contributed by atoms with Crippen LogP contribution in [0.15, 0.2) is 42.5 Å². The molecule has 144 valence electrons. The Morgan fingerprint density at radius 3 is 2.89 bits per heavy atom. The van der Waals surface area contributed by atoms with E-state index in [2.05, 4.69) is 17.1 Å². The van der Waals surface area contributed by atoms with Gasteiger partial charge < -0.3 is 14.4 Å². The second-order valence-corrected chi connectivity index (χ2v) is 8.34. The number of aromatic nitrogens is 1. The number of carbonyl (C=O) groups is 1. The maximum atomic E-state index is 13.0. The number of benzene rings is 2. The molecule has 0 radical (unpaired) electrons. The summed E-state index contributed by atoms with van der Waals surface area (Å²) in [5.41, 5.74) is 2.15. The van der Waals surface area contributed by atoms with Crippen molar-refractivity contribution < 1.29 is 14.3 Å². The van der Waals surface area contributed by atoms with E-state index < -0.39 is 0 Å². The topological polar surface area (TPSA) is 51.7 Å². The van der Waals surface area contributed by atoms with Gasteiger partial charge in [0, 0.05) is 19.4 Å². The molecule has 5 rings (SSSR count). The van der Waals surface area contributed by atoms with Crippen LogP contribution >= 0.6 is 11.3 Å². The molecule has 0 bridgehead atoms. The van der Waals surface area contributed by atoms with Gasteiger partial charge in [-0.05, 0) is 42.7 Å². The monoisotopic (exact) mass is 394 g/mol. The molecule has 2 aliphatic heterocycles. The zero-order valence-corrected chi connectivity index (χ0v) is 16.4. The number of para-hydroxylation sites is 1. The van der Waals surface area contributed by atoms with Gasteiger partial charge >= 0.3 is 0 Å². The van der Waals surface area contributed by atoms with Crippen molar-refractivity contribution in [1.82, 2.24) is 9.88 Å². The van der Waals surface area contributed by atoms with E-state index in [-0.39, 0.29) is 11.9 Å². The largest absolute Gasteiger partial charge is 0.486 e. The van der Waals surface area contributed by atoms with E-state index in [1.165, 1.54) is 4.70 Å². The number of rotatable bonds is 4. The van der Waals surface area contributed by atoms with Crippen molar-refractivity contribution in [2.75, 3.05) is 19.8 Å². The molecule has 2 aromatic carbocycles. The number of aryl methyl sites for hydroxylation is 1. The quantitative estimate of drug-likeness (QED) is 0.660. The number of hydrogen-bond acceptors (Lipinski definition) is 5. The third-order valence-electron chi connectivity index (χ3n) is 5.42. The van der Waals surface area contributed by atoms with E-state index >= 15 is 0 Å². The minimum atomic E-state index is 0.124. The normalized spacial score (nSPS) is 18.6. The van der Waals surface area contributed by atoms with Crippen LogP contribution in [0.3, 0.4) is 0 Å². The molecule has 6 heteroatoms. The van der Waals surface area contributed by atoms with Crippen molar-refractivity contribution in [3.05, 3.63) is 53.0 Å². The van der Waals surface area contributed by atoms with Gasteiger partial charge in [-0.25, -0.2) is 4.98 Å². The molecule has 28 heavy (non-hydrogen) atoms. The average molecular weight is 394 g/mol. The number of fused-ring (bicyclic) bond motifs is 2. The third kappa shape index (κ3) is 3.33. The number of likely N-dealkylation sites (tertiary alicyclic amines) is 1. The first-order chi connectivity index (χ1) is 13.8. The molecule has 1 fully saturated rings. The molecular formula is C22H22N2O3S. The third-order valence-corrected chi connectivity index (χ3v) is 6.51. The van der Waals surface area contributed by atoms with E-state index in [4.69, 9.17) is 9.47 Å². The van der Waals surface area contributed by atoms with Gasteiger partial charge in [-0.2, -0.15) is 0 Å². The van der Waals surface area contributed by atoms with Crippen molar-refractivity contribution >= 4 is 27.5 Å². The first-order valence-electron chi connectivity index (χ1n) is 9.81. The first kappa shape index (κ1) is 17.5. The lowest BCUT2D eigenvalue weighted by atomic mass is 10.0. The second kappa shape index (κ2) is 7.43. The molecule has 3 heterocycles. The number of nitrogens with zero attached hydrogens (tertiary/aromatic N) is 2. The van der Waals surface area contributed by atoms with E-state index in [0.717, 1.165) is 47.0 Å². The predicted molar refractivity (Wildman–Crippen MR) is 109 cm³/mol. The van der Waals surface area contributed by atoms with Gasteiger partial charge in [0.05, 0.1) is 21.3 Å². The van der Waals surface area contributed by atoms with Gasteiger partial charge in [-0.1, -0.05) is 18.2 Å². The minimum absolute atomic E-state index is 0.124. The average Bonchev–Trinajstić information content (AvgIpc) is 3.38. The number of ether oxygens (including phenoxy) is 2. The molecule has 3 aromatic rings. The summed E-state index contributed by atoms with van der Waals surface area (Å²) in [7, 11) is 0. The van der Waals surface area contributed by atoms with Crippen molar-refractivity contribution in [3.63, 3.8) is 0 Å². The summed E-state index contributed by atoms with van der Waals surface area (Å²) < 4.78 is 12.5. The molecule has 1 atom stereocenters. The maximum absolute atomic E-state index is 13.0. The highest BCUT2D eigenvalue weighted by atomic mass is 32.1. The summed E-state index contributed by atoms with van der Waals surface area (Å²) in [6, 6.07) is 14.3. The molecule has 0 unspecified atom stereocenters. The van der Waals surface area contributed by atoms with E-state index in [1.54, 1.807) is 11.3 Å².